The van der Waals surface area contributed by atoms with Crippen LogP contribution in [0.5, 0.6) is 5.75 Å². The molecule has 1 atom stereocenters. The van der Waals surface area contributed by atoms with Crippen LogP contribution in [0, 0.1) is 5.92 Å². The Balaban J connectivity index is 2.27. The van der Waals surface area contributed by atoms with Crippen LogP contribution in [0.2, 0.25) is 0 Å². The van der Waals surface area contributed by atoms with E-state index in [2.05, 4.69) is 0 Å². The summed E-state index contributed by atoms with van der Waals surface area (Å²) in [7, 11) is 1.58. The third-order valence-electron chi connectivity index (χ3n) is 3.81. The average molecular weight is 290 g/mol. The minimum Gasteiger partial charge on any atom is -0.496 e. The van der Waals surface area contributed by atoms with Gasteiger partial charge in [0.1, 0.15) is 5.75 Å². The molecule has 2 amide bonds. The molecule has 1 fully saturated rings. The molecular formula is C16H22N2O3. The topological polar surface area (TPSA) is 72.6 Å². The molecule has 0 bridgehead atoms. The Morgan fingerprint density at radius 2 is 1.95 bits per heavy atom. The summed E-state index contributed by atoms with van der Waals surface area (Å²) in [6, 6.07) is 5.52. The van der Waals surface area contributed by atoms with Gasteiger partial charge in [0.25, 0.3) is 0 Å². The zero-order chi connectivity index (χ0) is 15.6. The second kappa shape index (κ2) is 6.26. The molecule has 114 valence electrons. The maximum Gasteiger partial charge on any atom is 0.229 e. The molecule has 2 rings (SSSR count). The minimum absolute atomic E-state index is 0.109. The molecule has 0 radical (unpaired) electrons. The molecule has 1 unspecified atom stereocenters. The van der Waals surface area contributed by atoms with E-state index in [1.807, 2.05) is 32.0 Å². The van der Waals surface area contributed by atoms with E-state index in [0.29, 0.717) is 18.6 Å². The second-order valence-electron chi connectivity index (χ2n) is 5.75. The maximum atomic E-state index is 12.1. The molecule has 1 aliphatic heterocycles. The maximum absolute atomic E-state index is 12.1. The lowest BCUT2D eigenvalue weighted by molar-refractivity contribution is -0.150. The predicted molar refractivity (Wildman–Crippen MR) is 79.6 cm³/mol. The first kappa shape index (κ1) is 15.5. The van der Waals surface area contributed by atoms with Crippen molar-refractivity contribution < 1.29 is 14.3 Å². The zero-order valence-electron chi connectivity index (χ0n) is 12.8. The van der Waals surface area contributed by atoms with Gasteiger partial charge >= 0.3 is 0 Å². The lowest BCUT2D eigenvalue weighted by Crippen LogP contribution is -2.42. The van der Waals surface area contributed by atoms with Gasteiger partial charge in [-0.2, -0.15) is 0 Å². The molecule has 21 heavy (non-hydrogen) atoms. The molecule has 5 nitrogen and oxygen atoms in total. The fourth-order valence-electron chi connectivity index (χ4n) is 2.58. The Hall–Kier alpha value is -1.88. The van der Waals surface area contributed by atoms with Crippen molar-refractivity contribution in [2.75, 3.05) is 7.11 Å². The first-order valence-electron chi connectivity index (χ1n) is 7.18. The van der Waals surface area contributed by atoms with E-state index in [1.165, 1.54) is 4.90 Å². The van der Waals surface area contributed by atoms with Crippen LogP contribution >= 0.6 is 0 Å². The van der Waals surface area contributed by atoms with Crippen molar-refractivity contribution in [2.24, 2.45) is 11.7 Å². The molecule has 1 aromatic rings. The van der Waals surface area contributed by atoms with Crippen LogP contribution in [-0.4, -0.2) is 23.8 Å². The summed E-state index contributed by atoms with van der Waals surface area (Å²) in [5.74, 6) is 0.552. The van der Waals surface area contributed by atoms with E-state index in [1.54, 1.807) is 7.11 Å². The number of hydrogen-bond acceptors (Lipinski definition) is 4. The number of ether oxygens (including phenoxy) is 1. The number of carbonyl (C=O) groups is 2. The van der Waals surface area contributed by atoms with Gasteiger partial charge in [0.15, 0.2) is 0 Å². The zero-order valence-corrected chi connectivity index (χ0v) is 12.8. The SMILES string of the molecule is COc1ccc(C(C)N)cc1CN1C(=O)CC(C)CC1=O. The van der Waals surface area contributed by atoms with Gasteiger partial charge in [-0.05, 0) is 30.5 Å². The number of nitrogens with zero attached hydrogens (tertiary/aromatic N) is 1. The van der Waals surface area contributed by atoms with E-state index in [-0.39, 0.29) is 30.3 Å². The monoisotopic (exact) mass is 290 g/mol. The van der Waals surface area contributed by atoms with Gasteiger partial charge in [-0.1, -0.05) is 13.0 Å². The fourth-order valence-corrected chi connectivity index (χ4v) is 2.58. The van der Waals surface area contributed by atoms with E-state index in [9.17, 15) is 9.59 Å². The van der Waals surface area contributed by atoms with Crippen molar-refractivity contribution in [1.82, 2.24) is 4.90 Å². The molecule has 2 N–H and O–H groups in total. The highest BCUT2D eigenvalue weighted by molar-refractivity contribution is 5.97. The highest BCUT2D eigenvalue weighted by Gasteiger charge is 2.30. The average Bonchev–Trinajstić information content (AvgIpc) is 2.42. The van der Waals surface area contributed by atoms with Gasteiger partial charge in [-0.15, -0.1) is 0 Å². The van der Waals surface area contributed by atoms with Gasteiger partial charge in [0, 0.05) is 24.4 Å². The number of nitrogens with two attached hydrogens (primary N) is 1. The number of imide groups is 1. The van der Waals surface area contributed by atoms with E-state index >= 15 is 0 Å². The molecule has 1 heterocycles. The number of piperidine rings is 1. The smallest absolute Gasteiger partial charge is 0.229 e. The minimum atomic E-state index is -0.119. The third kappa shape index (κ3) is 3.42. The van der Waals surface area contributed by atoms with Gasteiger partial charge in [0.05, 0.1) is 13.7 Å². The Labute approximate surface area is 125 Å². The number of benzene rings is 1. The Morgan fingerprint density at radius 1 is 1.33 bits per heavy atom. The van der Waals surface area contributed by atoms with Crippen molar-refractivity contribution in [3.8, 4) is 5.75 Å². The van der Waals surface area contributed by atoms with Crippen molar-refractivity contribution in [1.29, 1.82) is 0 Å². The number of methoxy groups -OCH3 is 1. The predicted octanol–water partition coefficient (Wildman–Crippen LogP) is 2.00. The summed E-state index contributed by atoms with van der Waals surface area (Å²) in [6.45, 7) is 4.06. The van der Waals surface area contributed by atoms with Crippen molar-refractivity contribution in [2.45, 2.75) is 39.3 Å². The van der Waals surface area contributed by atoms with Crippen molar-refractivity contribution in [3.05, 3.63) is 29.3 Å². The van der Waals surface area contributed by atoms with E-state index in [4.69, 9.17) is 10.5 Å². The summed E-state index contributed by atoms with van der Waals surface area (Å²) in [5.41, 5.74) is 7.66. The summed E-state index contributed by atoms with van der Waals surface area (Å²) in [6.07, 6.45) is 0.835. The van der Waals surface area contributed by atoms with Crippen LogP contribution in [0.25, 0.3) is 0 Å². The Kier molecular flexibility index (Phi) is 4.63. The quantitative estimate of drug-likeness (QED) is 0.861. The Morgan fingerprint density at radius 3 is 2.48 bits per heavy atom. The lowest BCUT2D eigenvalue weighted by atomic mass is 9.97. The van der Waals surface area contributed by atoms with E-state index < -0.39 is 0 Å². The molecule has 0 aromatic heterocycles. The summed E-state index contributed by atoms with van der Waals surface area (Å²) in [5, 5.41) is 0. The summed E-state index contributed by atoms with van der Waals surface area (Å²) >= 11 is 0. The van der Waals surface area contributed by atoms with Crippen LogP contribution in [0.3, 0.4) is 0 Å². The molecule has 1 aromatic carbocycles. The highest BCUT2D eigenvalue weighted by Crippen LogP contribution is 2.27. The summed E-state index contributed by atoms with van der Waals surface area (Å²) < 4.78 is 5.32. The van der Waals surface area contributed by atoms with Crippen molar-refractivity contribution >= 4 is 11.8 Å². The first-order chi connectivity index (χ1) is 9.92. The summed E-state index contributed by atoms with van der Waals surface area (Å²) in [4.78, 5) is 25.5. The number of carbonyl (C=O) groups excluding carboxylic acids is 2. The number of likely N-dealkylation sites (tertiary alicyclic amines) is 1. The molecule has 5 heteroatoms. The molecule has 0 saturated carbocycles. The van der Waals surface area contributed by atoms with Crippen LogP contribution in [0.15, 0.2) is 18.2 Å². The molecule has 1 aliphatic rings. The van der Waals surface area contributed by atoms with Crippen LogP contribution in [0.1, 0.15) is 43.9 Å². The largest absolute Gasteiger partial charge is 0.496 e. The number of amides is 2. The van der Waals surface area contributed by atoms with Crippen LogP contribution in [0.4, 0.5) is 0 Å². The van der Waals surface area contributed by atoms with Crippen LogP contribution in [-0.2, 0) is 16.1 Å². The normalized spacial score (nSPS) is 18.0. The molecule has 0 aliphatic carbocycles. The lowest BCUT2D eigenvalue weighted by Gasteiger charge is -2.29. The van der Waals surface area contributed by atoms with Gasteiger partial charge in [0.2, 0.25) is 11.8 Å². The van der Waals surface area contributed by atoms with Gasteiger partial charge < -0.3 is 10.5 Å². The Bertz CT molecular complexity index is 536. The first-order valence-corrected chi connectivity index (χ1v) is 7.18. The molecule has 1 saturated heterocycles. The van der Waals surface area contributed by atoms with Crippen LogP contribution < -0.4 is 10.5 Å². The molecule has 0 spiro atoms. The number of hydrogen-bond donors (Lipinski definition) is 1. The van der Waals surface area contributed by atoms with Gasteiger partial charge in [-0.25, -0.2) is 0 Å². The molecular weight excluding hydrogens is 268 g/mol. The van der Waals surface area contributed by atoms with E-state index in [0.717, 1.165) is 11.1 Å². The second-order valence-corrected chi connectivity index (χ2v) is 5.75. The highest BCUT2D eigenvalue weighted by atomic mass is 16.5. The standard InChI is InChI=1S/C16H22N2O3/c1-10-6-15(19)18(16(20)7-10)9-13-8-12(11(2)17)4-5-14(13)21-3/h4-5,8,10-11H,6-7,9,17H2,1-3H3. The fraction of sp³-hybridized carbons (Fsp3) is 0.500. The number of rotatable bonds is 4. The van der Waals surface area contributed by atoms with Crippen molar-refractivity contribution in [3.63, 3.8) is 0 Å². The third-order valence-corrected chi connectivity index (χ3v) is 3.81. The van der Waals surface area contributed by atoms with Gasteiger partial charge in [-0.3, -0.25) is 14.5 Å².